The van der Waals surface area contributed by atoms with Crippen LogP contribution in [0.4, 0.5) is 0 Å². The summed E-state index contributed by atoms with van der Waals surface area (Å²) in [5.41, 5.74) is 3.91. The number of hydrogen-bond acceptors (Lipinski definition) is 9. The van der Waals surface area contributed by atoms with Gasteiger partial charge in [-0.05, 0) is 22.3 Å². The third kappa shape index (κ3) is 8.62. The Bertz CT molecular complexity index is 1660. The van der Waals surface area contributed by atoms with E-state index in [1.54, 1.807) is 6.20 Å². The van der Waals surface area contributed by atoms with E-state index in [-0.39, 0.29) is 19.8 Å². The van der Waals surface area contributed by atoms with Gasteiger partial charge in [0.25, 0.3) is 5.79 Å². The topological polar surface area (TPSA) is 85.3 Å². The molecule has 1 aliphatic heterocycles. The van der Waals surface area contributed by atoms with Crippen molar-refractivity contribution in [1.29, 1.82) is 0 Å². The molecular formula is C39H39NO7S. The summed E-state index contributed by atoms with van der Waals surface area (Å²) >= 11 is 1.32. The van der Waals surface area contributed by atoms with Crippen molar-refractivity contribution in [3.63, 3.8) is 0 Å². The van der Waals surface area contributed by atoms with E-state index in [0.717, 1.165) is 22.3 Å². The number of benzene rings is 4. The summed E-state index contributed by atoms with van der Waals surface area (Å²) in [6, 6.07) is 39.5. The Morgan fingerprint density at radius 3 is 1.65 bits per heavy atom. The van der Waals surface area contributed by atoms with Crippen LogP contribution in [0.25, 0.3) is 0 Å². The van der Waals surface area contributed by atoms with Crippen molar-refractivity contribution in [2.45, 2.75) is 63.6 Å². The van der Waals surface area contributed by atoms with E-state index < -0.39 is 36.2 Å². The Morgan fingerprint density at radius 1 is 0.688 bits per heavy atom. The zero-order chi connectivity index (χ0) is 33.0. The fourth-order valence-corrected chi connectivity index (χ4v) is 6.49. The summed E-state index contributed by atoms with van der Waals surface area (Å²) in [5, 5.41) is 2.25. The summed E-state index contributed by atoms with van der Waals surface area (Å²) in [7, 11) is 0. The standard InChI is InChI=1S/C39H39NO7S/c1-29(41)46-39(38-40-22-23-48-38)37(45-27-33-20-12-5-13-21-33)36(44-26-32-18-10-4-11-19-32)35(43-25-31-16-8-3-9-17-31)34(47-39)28-42-24-30-14-6-2-7-15-30/h2-23,34-37H,24-28H2,1H3/t34-,35-,36+,37-,39-/m1/s1. The number of carbonyl (C=O) groups is 1. The van der Waals surface area contributed by atoms with Crippen LogP contribution in [0.2, 0.25) is 0 Å². The van der Waals surface area contributed by atoms with Gasteiger partial charge in [-0.15, -0.1) is 11.3 Å². The zero-order valence-electron chi connectivity index (χ0n) is 26.8. The average molecular weight is 666 g/mol. The third-order valence-electron chi connectivity index (χ3n) is 7.95. The highest BCUT2D eigenvalue weighted by atomic mass is 32.1. The number of nitrogens with zero attached hydrogens (tertiary/aromatic N) is 1. The molecule has 0 N–H and O–H groups in total. The van der Waals surface area contributed by atoms with Gasteiger partial charge >= 0.3 is 5.97 Å². The van der Waals surface area contributed by atoms with Crippen LogP contribution in [-0.2, 0) is 65.4 Å². The van der Waals surface area contributed by atoms with Crippen molar-refractivity contribution in [2.75, 3.05) is 6.61 Å². The first-order valence-corrected chi connectivity index (χ1v) is 16.8. The van der Waals surface area contributed by atoms with Gasteiger partial charge in [-0.2, -0.15) is 0 Å². The molecule has 1 aliphatic rings. The molecule has 9 heteroatoms. The molecule has 0 amide bonds. The lowest BCUT2D eigenvalue weighted by Crippen LogP contribution is -2.66. The molecular weight excluding hydrogens is 626 g/mol. The Hall–Kier alpha value is -4.22. The van der Waals surface area contributed by atoms with Gasteiger partial charge in [0.15, 0.2) is 11.1 Å². The first-order chi connectivity index (χ1) is 23.6. The Labute approximate surface area is 285 Å². The van der Waals surface area contributed by atoms with Crippen molar-refractivity contribution in [2.24, 2.45) is 0 Å². The lowest BCUT2D eigenvalue weighted by molar-refractivity contribution is -0.379. The van der Waals surface area contributed by atoms with Crippen LogP contribution >= 0.6 is 11.3 Å². The van der Waals surface area contributed by atoms with Gasteiger partial charge in [-0.25, -0.2) is 4.98 Å². The number of ether oxygens (including phenoxy) is 6. The SMILES string of the molecule is CC(=O)O[C@@]1(c2nccs2)O[C@H](COCc2ccccc2)[C@@H](OCc2ccccc2)[C@H](OCc2ccccc2)[C@H]1OCc1ccccc1. The van der Waals surface area contributed by atoms with Crippen molar-refractivity contribution in [3.05, 3.63) is 160 Å². The van der Waals surface area contributed by atoms with E-state index in [9.17, 15) is 4.79 Å². The Balaban J connectivity index is 1.40. The van der Waals surface area contributed by atoms with E-state index in [1.165, 1.54) is 18.3 Å². The summed E-state index contributed by atoms with van der Waals surface area (Å²) in [6.07, 6.45) is -1.52. The maximum Gasteiger partial charge on any atom is 0.305 e. The molecule has 0 spiro atoms. The Kier molecular flexibility index (Phi) is 11.7. The van der Waals surface area contributed by atoms with Gasteiger partial charge in [-0.1, -0.05) is 121 Å². The van der Waals surface area contributed by atoms with Crippen LogP contribution in [0.15, 0.2) is 133 Å². The first-order valence-electron chi connectivity index (χ1n) is 16.0. The monoisotopic (exact) mass is 665 g/mol. The highest BCUT2D eigenvalue weighted by Gasteiger charge is 2.61. The van der Waals surface area contributed by atoms with E-state index in [2.05, 4.69) is 4.98 Å². The molecule has 0 aliphatic carbocycles. The van der Waals surface area contributed by atoms with E-state index in [4.69, 9.17) is 28.4 Å². The largest absolute Gasteiger partial charge is 0.423 e. The molecule has 1 fully saturated rings. The fraction of sp³-hybridized carbons (Fsp3) is 0.282. The summed E-state index contributed by atoms with van der Waals surface area (Å²) in [6.45, 7) is 2.58. The molecule has 5 aromatic rings. The number of rotatable bonds is 15. The van der Waals surface area contributed by atoms with Crippen LogP contribution in [0.5, 0.6) is 0 Å². The molecule has 5 atom stereocenters. The van der Waals surface area contributed by atoms with E-state index in [0.29, 0.717) is 18.2 Å². The number of thiazole rings is 1. The van der Waals surface area contributed by atoms with Crippen LogP contribution in [-0.4, -0.2) is 42.0 Å². The van der Waals surface area contributed by atoms with E-state index >= 15 is 0 Å². The molecule has 2 heterocycles. The van der Waals surface area contributed by atoms with Crippen LogP contribution < -0.4 is 0 Å². The second-order valence-corrected chi connectivity index (χ2v) is 12.4. The molecule has 0 saturated carbocycles. The van der Waals surface area contributed by atoms with Crippen LogP contribution in [0, 0.1) is 0 Å². The predicted octanol–water partition coefficient (Wildman–Crippen LogP) is 7.23. The fourth-order valence-electron chi connectivity index (χ4n) is 5.74. The van der Waals surface area contributed by atoms with Gasteiger partial charge in [0, 0.05) is 18.5 Å². The van der Waals surface area contributed by atoms with Gasteiger partial charge in [0.05, 0.1) is 33.0 Å². The number of esters is 1. The molecule has 4 aromatic carbocycles. The maximum absolute atomic E-state index is 12.9. The maximum atomic E-state index is 12.9. The van der Waals surface area contributed by atoms with Crippen molar-refractivity contribution in [1.82, 2.24) is 4.98 Å². The molecule has 248 valence electrons. The molecule has 0 unspecified atom stereocenters. The minimum atomic E-state index is -1.75. The summed E-state index contributed by atoms with van der Waals surface area (Å²) in [5.74, 6) is -2.29. The van der Waals surface area contributed by atoms with Crippen molar-refractivity contribution >= 4 is 17.3 Å². The molecule has 48 heavy (non-hydrogen) atoms. The third-order valence-corrected chi connectivity index (χ3v) is 8.82. The summed E-state index contributed by atoms with van der Waals surface area (Å²) < 4.78 is 39.6. The molecule has 8 nitrogen and oxygen atoms in total. The highest BCUT2D eigenvalue weighted by molar-refractivity contribution is 7.09. The number of aromatic nitrogens is 1. The first kappa shape index (κ1) is 33.7. The molecule has 1 aromatic heterocycles. The second-order valence-electron chi connectivity index (χ2n) is 11.5. The van der Waals surface area contributed by atoms with Crippen LogP contribution in [0.3, 0.4) is 0 Å². The van der Waals surface area contributed by atoms with Gasteiger partial charge in [-0.3, -0.25) is 4.79 Å². The lowest BCUT2D eigenvalue weighted by atomic mass is 9.91. The van der Waals surface area contributed by atoms with Gasteiger partial charge in [0.1, 0.15) is 18.3 Å². The molecule has 1 saturated heterocycles. The van der Waals surface area contributed by atoms with Crippen molar-refractivity contribution < 1.29 is 33.2 Å². The molecule has 0 radical (unpaired) electrons. The number of hydrogen-bond donors (Lipinski definition) is 0. The number of carbonyl (C=O) groups excluding carboxylic acids is 1. The van der Waals surface area contributed by atoms with Crippen LogP contribution in [0.1, 0.15) is 34.2 Å². The predicted molar refractivity (Wildman–Crippen MR) is 182 cm³/mol. The zero-order valence-corrected chi connectivity index (χ0v) is 27.6. The minimum Gasteiger partial charge on any atom is -0.423 e. The minimum absolute atomic E-state index is 0.124. The lowest BCUT2D eigenvalue weighted by Gasteiger charge is -2.50. The van der Waals surface area contributed by atoms with Gasteiger partial charge in [0.2, 0.25) is 0 Å². The normalized spacial score (nSPS) is 22.3. The van der Waals surface area contributed by atoms with Gasteiger partial charge < -0.3 is 28.4 Å². The summed E-state index contributed by atoms with van der Waals surface area (Å²) in [4.78, 5) is 17.5. The Morgan fingerprint density at radius 2 is 1.17 bits per heavy atom. The average Bonchev–Trinajstić information content (AvgIpc) is 3.68. The van der Waals surface area contributed by atoms with E-state index in [1.807, 2.05) is 127 Å². The molecule has 6 rings (SSSR count). The second kappa shape index (κ2) is 16.7. The smallest absolute Gasteiger partial charge is 0.305 e. The highest BCUT2D eigenvalue weighted by Crippen LogP contribution is 2.45. The quantitative estimate of drug-likeness (QED) is 0.108. The van der Waals surface area contributed by atoms with Crippen molar-refractivity contribution in [3.8, 4) is 0 Å². The molecule has 0 bridgehead atoms.